The highest BCUT2D eigenvalue weighted by molar-refractivity contribution is 7.99. The predicted molar refractivity (Wildman–Crippen MR) is 76.5 cm³/mol. The van der Waals surface area contributed by atoms with Crippen LogP contribution in [0.3, 0.4) is 0 Å². The van der Waals surface area contributed by atoms with Gasteiger partial charge in [0.25, 0.3) is 0 Å². The molecule has 0 saturated heterocycles. The molecule has 0 radical (unpaired) electrons. The van der Waals surface area contributed by atoms with E-state index in [9.17, 15) is 0 Å². The van der Waals surface area contributed by atoms with Gasteiger partial charge in [-0.2, -0.15) is 17.0 Å². The Kier molecular flexibility index (Phi) is 4.32. The Bertz CT molecular complexity index is 455. The normalized spacial score (nSPS) is 22.7. The maximum atomic E-state index is 8.76. The fourth-order valence-electron chi connectivity index (χ4n) is 2.32. The summed E-state index contributed by atoms with van der Waals surface area (Å²) in [5.74, 6) is 1.88. The van der Waals surface area contributed by atoms with E-state index in [0.717, 1.165) is 5.25 Å². The molecular weight excluding hydrogens is 244 g/mol. The summed E-state index contributed by atoms with van der Waals surface area (Å²) >= 11 is 2.03. The molecule has 0 spiro atoms. The molecule has 0 amide bonds. The Hall–Kier alpha value is -1.41. The summed E-state index contributed by atoms with van der Waals surface area (Å²) < 4.78 is 0. The fourth-order valence-corrected chi connectivity index (χ4v) is 3.46. The van der Waals surface area contributed by atoms with Crippen LogP contribution in [0.5, 0.6) is 0 Å². The average Bonchev–Trinajstić information content (AvgIpc) is 2.80. The third-order valence-electron chi connectivity index (χ3n) is 3.17. The lowest BCUT2D eigenvalue weighted by atomic mass is 10.2. The van der Waals surface area contributed by atoms with Crippen LogP contribution in [0.1, 0.15) is 31.7 Å². The number of anilines is 2. The highest BCUT2D eigenvalue weighted by atomic mass is 32.2. The largest absolute Gasteiger partial charge is 0.396 e. The van der Waals surface area contributed by atoms with Crippen LogP contribution in [-0.2, 0) is 0 Å². The zero-order valence-electron chi connectivity index (χ0n) is 10.5. The van der Waals surface area contributed by atoms with Crippen LogP contribution in [0, 0.1) is 11.3 Å². The van der Waals surface area contributed by atoms with Crippen molar-refractivity contribution in [2.24, 2.45) is 0 Å². The van der Waals surface area contributed by atoms with Crippen molar-refractivity contribution in [3.63, 3.8) is 0 Å². The maximum absolute atomic E-state index is 8.76. The molecule has 0 aromatic carbocycles. The first kappa shape index (κ1) is 13.0. The summed E-state index contributed by atoms with van der Waals surface area (Å²) in [5.41, 5.74) is 6.95. The second-order valence-electron chi connectivity index (χ2n) is 4.51. The van der Waals surface area contributed by atoms with Crippen molar-refractivity contribution in [3.05, 3.63) is 17.8 Å². The smallest absolute Gasteiger partial charge is 0.149 e. The summed E-state index contributed by atoms with van der Waals surface area (Å²) in [6, 6.07) is 4.16. The molecule has 3 N–H and O–H groups in total. The lowest BCUT2D eigenvalue weighted by Crippen LogP contribution is -2.18. The van der Waals surface area contributed by atoms with Crippen molar-refractivity contribution < 1.29 is 0 Å². The number of aromatic nitrogens is 1. The van der Waals surface area contributed by atoms with Crippen molar-refractivity contribution in [2.45, 2.75) is 37.5 Å². The van der Waals surface area contributed by atoms with Crippen molar-refractivity contribution in [2.75, 3.05) is 16.8 Å². The molecule has 18 heavy (non-hydrogen) atoms. The zero-order chi connectivity index (χ0) is 13.0. The van der Waals surface area contributed by atoms with E-state index < -0.39 is 0 Å². The van der Waals surface area contributed by atoms with Gasteiger partial charge in [-0.3, -0.25) is 0 Å². The third kappa shape index (κ3) is 3.08. The Morgan fingerprint density at radius 2 is 2.44 bits per heavy atom. The fraction of sp³-hybridized carbons (Fsp3) is 0.538. The van der Waals surface area contributed by atoms with E-state index >= 15 is 0 Å². The molecule has 1 aliphatic carbocycles. The minimum atomic E-state index is 0.455. The lowest BCUT2D eigenvalue weighted by Gasteiger charge is -2.15. The molecule has 1 aromatic rings. The van der Waals surface area contributed by atoms with Crippen LogP contribution in [0.4, 0.5) is 11.5 Å². The van der Waals surface area contributed by atoms with Crippen LogP contribution in [-0.4, -0.2) is 22.0 Å². The number of hydrogen-bond acceptors (Lipinski definition) is 5. The van der Waals surface area contributed by atoms with Crippen LogP contribution in [0.25, 0.3) is 0 Å². The van der Waals surface area contributed by atoms with E-state index in [-0.39, 0.29) is 0 Å². The van der Waals surface area contributed by atoms with Gasteiger partial charge in [0.05, 0.1) is 11.3 Å². The molecule has 4 nitrogen and oxygen atoms in total. The number of rotatable bonds is 4. The van der Waals surface area contributed by atoms with Crippen LogP contribution in [0.15, 0.2) is 12.3 Å². The van der Waals surface area contributed by atoms with Gasteiger partial charge in [-0.15, -0.1) is 0 Å². The molecule has 1 saturated carbocycles. The number of pyridine rings is 1. The standard InChI is InChI=1S/C13H18N4S/c1-2-18-11-4-3-10(6-11)17-13-12(15)5-9(7-14)8-16-13/h5,8,10-11H,2-4,6,15H2,1H3,(H,16,17). The van der Waals surface area contributed by atoms with Crippen molar-refractivity contribution >= 4 is 23.3 Å². The summed E-state index contributed by atoms with van der Waals surface area (Å²) in [4.78, 5) is 4.22. The lowest BCUT2D eigenvalue weighted by molar-refractivity contribution is 0.752. The average molecular weight is 262 g/mol. The van der Waals surface area contributed by atoms with Crippen LogP contribution in [0.2, 0.25) is 0 Å². The van der Waals surface area contributed by atoms with E-state index in [4.69, 9.17) is 11.0 Å². The molecule has 2 atom stereocenters. The van der Waals surface area contributed by atoms with Crippen molar-refractivity contribution in [1.29, 1.82) is 5.26 Å². The second-order valence-corrected chi connectivity index (χ2v) is 6.08. The minimum absolute atomic E-state index is 0.455. The quantitative estimate of drug-likeness (QED) is 0.872. The molecule has 1 heterocycles. The van der Waals surface area contributed by atoms with Gasteiger partial charge in [-0.05, 0) is 31.1 Å². The van der Waals surface area contributed by atoms with Gasteiger partial charge in [-0.1, -0.05) is 6.92 Å². The van der Waals surface area contributed by atoms with Gasteiger partial charge >= 0.3 is 0 Å². The monoisotopic (exact) mass is 262 g/mol. The minimum Gasteiger partial charge on any atom is -0.396 e. The first-order valence-corrected chi connectivity index (χ1v) is 7.31. The Morgan fingerprint density at radius 1 is 1.61 bits per heavy atom. The molecular formula is C13H18N4S. The molecule has 2 rings (SSSR count). The summed E-state index contributed by atoms with van der Waals surface area (Å²) in [6.07, 6.45) is 5.15. The molecule has 5 heteroatoms. The Labute approximate surface area is 112 Å². The zero-order valence-corrected chi connectivity index (χ0v) is 11.3. The Morgan fingerprint density at radius 3 is 3.11 bits per heavy atom. The first-order chi connectivity index (χ1) is 8.72. The van der Waals surface area contributed by atoms with Gasteiger partial charge < -0.3 is 11.1 Å². The van der Waals surface area contributed by atoms with Gasteiger partial charge in [0, 0.05) is 17.5 Å². The third-order valence-corrected chi connectivity index (χ3v) is 4.41. The van der Waals surface area contributed by atoms with Gasteiger partial charge in [0.2, 0.25) is 0 Å². The Balaban J connectivity index is 1.96. The SMILES string of the molecule is CCSC1CCC(Nc2ncc(C#N)cc2N)C1. The van der Waals surface area contributed by atoms with Gasteiger partial charge in [-0.25, -0.2) is 4.98 Å². The topological polar surface area (TPSA) is 74.7 Å². The van der Waals surface area contributed by atoms with E-state index in [1.165, 1.54) is 25.0 Å². The molecule has 1 aromatic heterocycles. The highest BCUT2D eigenvalue weighted by Crippen LogP contribution is 2.32. The highest BCUT2D eigenvalue weighted by Gasteiger charge is 2.25. The predicted octanol–water partition coefficient (Wildman–Crippen LogP) is 2.62. The van der Waals surface area contributed by atoms with E-state index in [2.05, 4.69) is 17.2 Å². The number of nitrogen functional groups attached to an aromatic ring is 1. The molecule has 1 fully saturated rings. The van der Waals surface area contributed by atoms with Crippen molar-refractivity contribution in [3.8, 4) is 6.07 Å². The number of thioether (sulfide) groups is 1. The van der Waals surface area contributed by atoms with Gasteiger partial charge in [0.15, 0.2) is 0 Å². The molecule has 0 bridgehead atoms. The summed E-state index contributed by atoms with van der Waals surface area (Å²) in [7, 11) is 0. The number of hydrogen-bond donors (Lipinski definition) is 2. The van der Waals surface area contributed by atoms with Gasteiger partial charge in [0.1, 0.15) is 11.9 Å². The van der Waals surface area contributed by atoms with Crippen molar-refractivity contribution in [1.82, 2.24) is 4.98 Å². The number of nitriles is 1. The molecule has 2 unspecified atom stereocenters. The van der Waals surface area contributed by atoms with Crippen LogP contribution < -0.4 is 11.1 Å². The van der Waals surface area contributed by atoms with E-state index in [1.54, 1.807) is 12.3 Å². The van der Waals surface area contributed by atoms with E-state index in [0.29, 0.717) is 23.1 Å². The molecule has 96 valence electrons. The summed E-state index contributed by atoms with van der Waals surface area (Å²) in [6.45, 7) is 2.20. The first-order valence-electron chi connectivity index (χ1n) is 6.26. The van der Waals surface area contributed by atoms with Crippen LogP contribution >= 0.6 is 11.8 Å². The number of nitrogens with zero attached hydrogens (tertiary/aromatic N) is 2. The summed E-state index contributed by atoms with van der Waals surface area (Å²) in [5, 5.41) is 12.9. The molecule has 0 aliphatic heterocycles. The number of nitrogens with one attached hydrogen (secondary N) is 1. The second kappa shape index (κ2) is 5.96. The number of nitrogens with two attached hydrogens (primary N) is 1. The van der Waals surface area contributed by atoms with E-state index in [1.807, 2.05) is 17.8 Å². The maximum Gasteiger partial charge on any atom is 0.149 e. The molecule has 1 aliphatic rings.